The minimum absolute atomic E-state index is 0.216. The molecular weight excluding hydrogens is 277 g/mol. The van der Waals surface area contributed by atoms with Gasteiger partial charge >= 0.3 is 0 Å². The molecule has 1 saturated carbocycles. The lowest BCUT2D eigenvalue weighted by molar-refractivity contribution is 0.309. The van der Waals surface area contributed by atoms with Crippen LogP contribution in [0.4, 0.5) is 4.39 Å². The minimum atomic E-state index is -0.216. The Morgan fingerprint density at radius 1 is 1.45 bits per heavy atom. The van der Waals surface area contributed by atoms with Crippen LogP contribution in [-0.4, -0.2) is 40.0 Å². The Bertz CT molecular complexity index is 606. The molecule has 0 aliphatic heterocycles. The Labute approximate surface area is 123 Å². The number of likely N-dealkylation sites (N-methyl/N-ethyl adjacent to an activating group) is 1. The van der Waals surface area contributed by atoms with Crippen molar-refractivity contribution in [3.8, 4) is 0 Å². The molecule has 0 saturated heterocycles. The minimum Gasteiger partial charge on any atom is -0.327 e. The zero-order chi connectivity index (χ0) is 14.1. The van der Waals surface area contributed by atoms with Crippen molar-refractivity contribution in [3.05, 3.63) is 29.8 Å². The fourth-order valence-corrected chi connectivity index (χ4v) is 2.80. The Morgan fingerprint density at radius 2 is 2.25 bits per heavy atom. The zero-order valence-corrected chi connectivity index (χ0v) is 12.4. The van der Waals surface area contributed by atoms with Crippen LogP contribution < -0.4 is 0 Å². The van der Waals surface area contributed by atoms with Gasteiger partial charge in [0.2, 0.25) is 0 Å². The third-order valence-corrected chi connectivity index (χ3v) is 4.14. The first-order chi connectivity index (χ1) is 9.69. The Balaban J connectivity index is 1.88. The molecule has 0 bridgehead atoms. The van der Waals surface area contributed by atoms with Crippen molar-refractivity contribution in [3.63, 3.8) is 0 Å². The van der Waals surface area contributed by atoms with E-state index in [9.17, 15) is 4.39 Å². The van der Waals surface area contributed by atoms with Gasteiger partial charge < -0.3 is 9.47 Å². The number of hydrogen-bond acceptors (Lipinski definition) is 2. The van der Waals surface area contributed by atoms with Gasteiger partial charge in [-0.15, -0.1) is 11.6 Å². The number of alkyl halides is 1. The zero-order valence-electron chi connectivity index (χ0n) is 11.6. The lowest BCUT2D eigenvalue weighted by Crippen LogP contribution is -2.25. The number of fused-ring (bicyclic) bond motifs is 1. The van der Waals surface area contributed by atoms with E-state index in [0.717, 1.165) is 36.0 Å². The second-order valence-electron chi connectivity index (χ2n) is 5.46. The lowest BCUT2D eigenvalue weighted by atomic mass is 10.3. The number of benzene rings is 1. The van der Waals surface area contributed by atoms with Crippen LogP contribution in [0.15, 0.2) is 18.2 Å². The molecule has 1 aliphatic rings. The molecule has 3 rings (SSSR count). The van der Waals surface area contributed by atoms with Gasteiger partial charge in [-0.2, -0.15) is 0 Å². The van der Waals surface area contributed by atoms with Crippen LogP contribution in [0.1, 0.15) is 18.7 Å². The summed E-state index contributed by atoms with van der Waals surface area (Å²) in [5.41, 5.74) is 1.72. The Hall–Kier alpha value is -1.13. The highest BCUT2D eigenvalue weighted by Gasteiger charge is 2.25. The number of hydrogen-bond donors (Lipinski definition) is 0. The van der Waals surface area contributed by atoms with Crippen molar-refractivity contribution in [1.29, 1.82) is 0 Å². The summed E-state index contributed by atoms with van der Waals surface area (Å²) < 4.78 is 15.6. The highest BCUT2D eigenvalue weighted by molar-refractivity contribution is 6.17. The number of imidazole rings is 1. The highest BCUT2D eigenvalue weighted by atomic mass is 35.5. The maximum atomic E-state index is 13.5. The van der Waals surface area contributed by atoms with Gasteiger partial charge in [0.25, 0.3) is 0 Å². The Kier molecular flexibility index (Phi) is 3.94. The van der Waals surface area contributed by atoms with Crippen molar-refractivity contribution in [2.75, 3.05) is 19.5 Å². The van der Waals surface area contributed by atoms with E-state index < -0.39 is 0 Å². The summed E-state index contributed by atoms with van der Waals surface area (Å²) in [6.45, 7) is 1.79. The van der Waals surface area contributed by atoms with Gasteiger partial charge in [0.1, 0.15) is 11.6 Å². The van der Waals surface area contributed by atoms with E-state index in [2.05, 4.69) is 21.5 Å². The van der Waals surface area contributed by atoms with Gasteiger partial charge in [0.15, 0.2) is 0 Å². The first-order valence-corrected chi connectivity index (χ1v) is 7.63. The van der Waals surface area contributed by atoms with Gasteiger partial charge in [-0.25, -0.2) is 9.37 Å². The summed E-state index contributed by atoms with van der Waals surface area (Å²) in [7, 11) is 2.15. The second kappa shape index (κ2) is 5.70. The smallest absolute Gasteiger partial charge is 0.125 e. The molecule has 0 radical (unpaired) electrons. The van der Waals surface area contributed by atoms with Crippen LogP contribution in [0.5, 0.6) is 0 Å². The predicted molar refractivity (Wildman–Crippen MR) is 79.8 cm³/mol. The molecule has 1 heterocycles. The molecule has 0 spiro atoms. The monoisotopic (exact) mass is 295 g/mol. The van der Waals surface area contributed by atoms with Crippen LogP contribution in [0.2, 0.25) is 0 Å². The molecule has 3 nitrogen and oxygen atoms in total. The number of aryl methyl sites for hydroxylation is 1. The van der Waals surface area contributed by atoms with Crippen molar-refractivity contribution >= 4 is 22.6 Å². The lowest BCUT2D eigenvalue weighted by Gasteiger charge is -2.17. The molecule has 1 fully saturated rings. The summed E-state index contributed by atoms with van der Waals surface area (Å²) in [4.78, 5) is 6.95. The molecule has 0 amide bonds. The number of halogens is 2. The molecule has 108 valence electrons. The van der Waals surface area contributed by atoms with Crippen LogP contribution >= 0.6 is 11.6 Å². The SMILES string of the molecule is CN(CCn1c(CCCl)nc2ccc(F)cc21)C1CC1. The summed E-state index contributed by atoms with van der Waals surface area (Å²) in [5.74, 6) is 1.26. The molecule has 5 heteroatoms. The molecule has 2 aromatic rings. The molecule has 1 aliphatic carbocycles. The van der Waals surface area contributed by atoms with Crippen LogP contribution in [0, 0.1) is 5.82 Å². The van der Waals surface area contributed by atoms with E-state index in [1.165, 1.54) is 18.9 Å². The molecule has 20 heavy (non-hydrogen) atoms. The van der Waals surface area contributed by atoms with E-state index >= 15 is 0 Å². The fourth-order valence-electron chi connectivity index (χ4n) is 2.63. The van der Waals surface area contributed by atoms with Gasteiger partial charge in [0, 0.05) is 31.4 Å². The average molecular weight is 296 g/mol. The van der Waals surface area contributed by atoms with Crippen molar-refractivity contribution < 1.29 is 4.39 Å². The van der Waals surface area contributed by atoms with Gasteiger partial charge in [-0.3, -0.25) is 0 Å². The van der Waals surface area contributed by atoms with Crippen molar-refractivity contribution in [1.82, 2.24) is 14.5 Å². The van der Waals surface area contributed by atoms with E-state index in [1.54, 1.807) is 12.1 Å². The quantitative estimate of drug-likeness (QED) is 0.764. The third-order valence-electron chi connectivity index (χ3n) is 3.95. The average Bonchev–Trinajstić information content (AvgIpc) is 3.21. The van der Waals surface area contributed by atoms with E-state index in [0.29, 0.717) is 12.3 Å². The van der Waals surface area contributed by atoms with Gasteiger partial charge in [0.05, 0.1) is 11.0 Å². The van der Waals surface area contributed by atoms with Gasteiger partial charge in [-0.05, 0) is 38.1 Å². The standard InChI is InChI=1S/C15H19ClFN3/c1-19(12-3-4-12)8-9-20-14-10-11(17)2-5-13(14)18-15(20)6-7-16/h2,5,10,12H,3-4,6-9H2,1H3. The van der Waals surface area contributed by atoms with Crippen molar-refractivity contribution in [2.45, 2.75) is 31.8 Å². The molecule has 0 unspecified atom stereocenters. The van der Waals surface area contributed by atoms with Crippen molar-refractivity contribution in [2.24, 2.45) is 0 Å². The molecule has 0 atom stereocenters. The first-order valence-electron chi connectivity index (χ1n) is 7.10. The maximum Gasteiger partial charge on any atom is 0.125 e. The number of aromatic nitrogens is 2. The number of rotatable bonds is 6. The van der Waals surface area contributed by atoms with E-state index in [1.807, 2.05) is 0 Å². The maximum absolute atomic E-state index is 13.5. The Morgan fingerprint density at radius 3 is 2.95 bits per heavy atom. The summed E-state index contributed by atoms with van der Waals surface area (Å²) >= 11 is 5.85. The summed E-state index contributed by atoms with van der Waals surface area (Å²) in [6.07, 6.45) is 3.31. The summed E-state index contributed by atoms with van der Waals surface area (Å²) in [6, 6.07) is 5.50. The largest absolute Gasteiger partial charge is 0.327 e. The highest BCUT2D eigenvalue weighted by Crippen LogP contribution is 2.25. The molecule has 0 N–H and O–H groups in total. The van der Waals surface area contributed by atoms with Crippen LogP contribution in [0.3, 0.4) is 0 Å². The normalized spacial score (nSPS) is 15.4. The first kappa shape index (κ1) is 13.8. The second-order valence-corrected chi connectivity index (χ2v) is 5.84. The van der Waals surface area contributed by atoms with Gasteiger partial charge in [-0.1, -0.05) is 0 Å². The molecule has 1 aromatic heterocycles. The van der Waals surface area contributed by atoms with Crippen LogP contribution in [-0.2, 0) is 13.0 Å². The predicted octanol–water partition coefficient (Wildman–Crippen LogP) is 3.05. The van der Waals surface area contributed by atoms with E-state index in [4.69, 9.17) is 11.6 Å². The number of nitrogens with zero attached hydrogens (tertiary/aromatic N) is 3. The molecule has 1 aromatic carbocycles. The fraction of sp³-hybridized carbons (Fsp3) is 0.533. The molecular formula is C15H19ClFN3. The topological polar surface area (TPSA) is 21.1 Å². The third kappa shape index (κ3) is 2.81. The van der Waals surface area contributed by atoms with Crippen LogP contribution in [0.25, 0.3) is 11.0 Å². The summed E-state index contributed by atoms with van der Waals surface area (Å²) in [5, 5.41) is 0. The van der Waals surface area contributed by atoms with E-state index in [-0.39, 0.29) is 5.82 Å².